The zero-order valence-electron chi connectivity index (χ0n) is 9.54. The van der Waals surface area contributed by atoms with Crippen LogP contribution in [0.3, 0.4) is 0 Å². The molecule has 0 aliphatic heterocycles. The van der Waals surface area contributed by atoms with Crippen molar-refractivity contribution in [3.05, 3.63) is 29.8 Å². The molecule has 5 heteroatoms. The number of aliphatic hydroxyl groups excluding tert-OH is 2. The number of hydrogen-bond acceptors (Lipinski definition) is 5. The van der Waals surface area contributed by atoms with Crippen LogP contribution in [-0.4, -0.2) is 27.2 Å². The molecule has 94 valence electrons. The summed E-state index contributed by atoms with van der Waals surface area (Å²) in [4.78, 5) is 11.4. The second-order valence-electron chi connectivity index (χ2n) is 3.70. The van der Waals surface area contributed by atoms with Crippen LogP contribution in [0.5, 0.6) is 0 Å². The van der Waals surface area contributed by atoms with Gasteiger partial charge in [0.15, 0.2) is 5.12 Å². The van der Waals surface area contributed by atoms with Crippen LogP contribution in [-0.2, 0) is 4.79 Å². The van der Waals surface area contributed by atoms with E-state index in [0.29, 0.717) is 22.6 Å². The van der Waals surface area contributed by atoms with Crippen LogP contribution in [0.2, 0.25) is 0 Å². The SMILES string of the molecule is CC(=O)SCCC(O)C(O)c1ccccc1S. The average molecular weight is 272 g/mol. The second kappa shape index (κ2) is 7.06. The van der Waals surface area contributed by atoms with Crippen LogP contribution in [0.4, 0.5) is 0 Å². The highest BCUT2D eigenvalue weighted by Gasteiger charge is 2.19. The minimum atomic E-state index is -0.962. The lowest BCUT2D eigenvalue weighted by atomic mass is 10.0. The van der Waals surface area contributed by atoms with Gasteiger partial charge in [0.1, 0.15) is 6.10 Å². The first-order chi connectivity index (χ1) is 8.02. The summed E-state index contributed by atoms with van der Waals surface area (Å²) < 4.78 is 0. The quantitative estimate of drug-likeness (QED) is 0.718. The Morgan fingerprint density at radius 1 is 1.41 bits per heavy atom. The van der Waals surface area contributed by atoms with Gasteiger partial charge in [0.25, 0.3) is 0 Å². The van der Waals surface area contributed by atoms with Crippen molar-refractivity contribution < 1.29 is 15.0 Å². The molecule has 0 aliphatic carbocycles. The van der Waals surface area contributed by atoms with Gasteiger partial charge >= 0.3 is 0 Å². The fourth-order valence-corrected chi connectivity index (χ4v) is 2.37. The highest BCUT2D eigenvalue weighted by Crippen LogP contribution is 2.25. The normalized spacial score (nSPS) is 14.4. The Morgan fingerprint density at radius 3 is 2.65 bits per heavy atom. The summed E-state index contributed by atoms with van der Waals surface area (Å²) in [6, 6.07) is 7.10. The Labute approximate surface area is 111 Å². The molecule has 1 rings (SSSR count). The van der Waals surface area contributed by atoms with Gasteiger partial charge in [-0.25, -0.2) is 0 Å². The van der Waals surface area contributed by atoms with E-state index in [4.69, 9.17) is 0 Å². The van der Waals surface area contributed by atoms with Crippen molar-refractivity contribution in [3.63, 3.8) is 0 Å². The number of rotatable bonds is 5. The Bertz CT molecular complexity index is 382. The first-order valence-corrected chi connectivity index (χ1v) is 6.73. The maximum atomic E-state index is 10.7. The molecule has 0 aliphatic rings. The topological polar surface area (TPSA) is 57.5 Å². The molecule has 0 bridgehead atoms. The molecule has 0 saturated carbocycles. The van der Waals surface area contributed by atoms with Gasteiger partial charge in [-0.1, -0.05) is 30.0 Å². The van der Waals surface area contributed by atoms with Crippen molar-refractivity contribution >= 4 is 29.5 Å². The largest absolute Gasteiger partial charge is 0.390 e. The van der Waals surface area contributed by atoms with Gasteiger partial charge in [-0.15, -0.1) is 12.6 Å². The van der Waals surface area contributed by atoms with Gasteiger partial charge in [0, 0.05) is 17.6 Å². The Hall–Kier alpha value is -0.490. The number of benzene rings is 1. The number of carbonyl (C=O) groups excluding carboxylic acids is 1. The number of thioether (sulfide) groups is 1. The van der Waals surface area contributed by atoms with E-state index in [1.54, 1.807) is 18.2 Å². The Morgan fingerprint density at radius 2 is 2.06 bits per heavy atom. The van der Waals surface area contributed by atoms with Crippen LogP contribution in [0, 0.1) is 0 Å². The van der Waals surface area contributed by atoms with Gasteiger partial charge in [0.05, 0.1) is 6.10 Å². The molecule has 2 unspecified atom stereocenters. The zero-order chi connectivity index (χ0) is 12.8. The lowest BCUT2D eigenvalue weighted by molar-refractivity contribution is -0.109. The standard InChI is InChI=1S/C12H16O3S2/c1-8(13)17-7-6-10(14)12(15)9-4-2-3-5-11(9)16/h2-5,10,12,14-16H,6-7H2,1H3. The van der Waals surface area contributed by atoms with E-state index in [9.17, 15) is 15.0 Å². The molecule has 0 heterocycles. The molecule has 0 saturated heterocycles. The lowest BCUT2D eigenvalue weighted by Crippen LogP contribution is -2.19. The van der Waals surface area contributed by atoms with E-state index in [-0.39, 0.29) is 5.12 Å². The number of thiol groups is 1. The van der Waals surface area contributed by atoms with E-state index >= 15 is 0 Å². The molecule has 1 aromatic rings. The van der Waals surface area contributed by atoms with Crippen molar-refractivity contribution in [1.29, 1.82) is 0 Å². The van der Waals surface area contributed by atoms with Crippen LogP contribution in [0.15, 0.2) is 29.2 Å². The number of aliphatic hydroxyl groups is 2. The summed E-state index contributed by atoms with van der Waals surface area (Å²) in [5, 5.41) is 19.8. The third kappa shape index (κ3) is 4.71. The fraction of sp³-hybridized carbons (Fsp3) is 0.417. The van der Waals surface area contributed by atoms with E-state index in [1.807, 2.05) is 6.07 Å². The molecule has 0 amide bonds. The third-order valence-corrected chi connectivity index (χ3v) is 3.59. The summed E-state index contributed by atoms with van der Waals surface area (Å²) in [5.41, 5.74) is 0.608. The number of carbonyl (C=O) groups is 1. The summed E-state index contributed by atoms with van der Waals surface area (Å²) >= 11 is 5.37. The molecule has 17 heavy (non-hydrogen) atoms. The summed E-state index contributed by atoms with van der Waals surface area (Å²) in [6.45, 7) is 1.48. The molecule has 0 aromatic heterocycles. The Balaban J connectivity index is 2.55. The molecule has 2 atom stereocenters. The van der Waals surface area contributed by atoms with Crippen molar-refractivity contribution in [3.8, 4) is 0 Å². The molecule has 0 spiro atoms. The fourth-order valence-electron chi connectivity index (χ4n) is 1.43. The maximum absolute atomic E-state index is 10.7. The molecule has 0 fully saturated rings. The highest BCUT2D eigenvalue weighted by atomic mass is 32.2. The Kier molecular flexibility index (Phi) is 6.05. The molecular weight excluding hydrogens is 256 g/mol. The van der Waals surface area contributed by atoms with Gasteiger partial charge in [0.2, 0.25) is 0 Å². The average Bonchev–Trinajstić information content (AvgIpc) is 2.28. The van der Waals surface area contributed by atoms with Crippen LogP contribution in [0.25, 0.3) is 0 Å². The summed E-state index contributed by atoms with van der Waals surface area (Å²) in [7, 11) is 0. The monoisotopic (exact) mass is 272 g/mol. The zero-order valence-corrected chi connectivity index (χ0v) is 11.2. The predicted octanol–water partition coefficient (Wildman–Crippen LogP) is 2.04. The van der Waals surface area contributed by atoms with Crippen molar-refractivity contribution in [2.45, 2.75) is 30.4 Å². The minimum Gasteiger partial charge on any atom is -0.390 e. The van der Waals surface area contributed by atoms with Crippen molar-refractivity contribution in [2.24, 2.45) is 0 Å². The van der Waals surface area contributed by atoms with Crippen LogP contribution in [0.1, 0.15) is 25.0 Å². The molecule has 1 aromatic carbocycles. The minimum absolute atomic E-state index is 0.0151. The molecule has 3 nitrogen and oxygen atoms in total. The lowest BCUT2D eigenvalue weighted by Gasteiger charge is -2.19. The van der Waals surface area contributed by atoms with E-state index in [0.717, 1.165) is 11.8 Å². The summed E-state index contributed by atoms with van der Waals surface area (Å²) in [5.74, 6) is 0.502. The molecule has 0 radical (unpaired) electrons. The van der Waals surface area contributed by atoms with Crippen molar-refractivity contribution in [1.82, 2.24) is 0 Å². The van der Waals surface area contributed by atoms with Crippen LogP contribution >= 0.6 is 24.4 Å². The van der Waals surface area contributed by atoms with E-state index < -0.39 is 12.2 Å². The molecule has 2 N–H and O–H groups in total. The second-order valence-corrected chi connectivity index (χ2v) is 5.45. The van der Waals surface area contributed by atoms with Crippen LogP contribution < -0.4 is 0 Å². The first kappa shape index (κ1) is 14.6. The van der Waals surface area contributed by atoms with Gasteiger partial charge in [-0.05, 0) is 18.1 Å². The predicted molar refractivity (Wildman–Crippen MR) is 72.4 cm³/mol. The third-order valence-electron chi connectivity index (χ3n) is 2.34. The number of hydrogen-bond donors (Lipinski definition) is 3. The van der Waals surface area contributed by atoms with Gasteiger partial charge < -0.3 is 10.2 Å². The van der Waals surface area contributed by atoms with E-state index in [1.165, 1.54) is 6.92 Å². The smallest absolute Gasteiger partial charge is 0.185 e. The van der Waals surface area contributed by atoms with Gasteiger partial charge in [-0.3, -0.25) is 4.79 Å². The highest BCUT2D eigenvalue weighted by molar-refractivity contribution is 8.13. The van der Waals surface area contributed by atoms with Gasteiger partial charge in [-0.2, -0.15) is 0 Å². The van der Waals surface area contributed by atoms with E-state index in [2.05, 4.69) is 12.6 Å². The van der Waals surface area contributed by atoms with Crippen molar-refractivity contribution in [2.75, 3.05) is 5.75 Å². The first-order valence-electron chi connectivity index (χ1n) is 5.29. The summed E-state index contributed by atoms with van der Waals surface area (Å²) in [6.07, 6.45) is -1.47. The molecular formula is C12H16O3S2. The maximum Gasteiger partial charge on any atom is 0.185 e.